The van der Waals surface area contributed by atoms with Crippen LogP contribution in [0.25, 0.3) is 0 Å². The van der Waals surface area contributed by atoms with Gasteiger partial charge in [-0.25, -0.2) is 8.42 Å². The molecule has 0 aromatic heterocycles. The second kappa shape index (κ2) is 16.0. The van der Waals surface area contributed by atoms with E-state index in [0.29, 0.717) is 18.6 Å². The van der Waals surface area contributed by atoms with E-state index in [1.165, 1.54) is 11.8 Å². The molecule has 0 heterocycles. The van der Waals surface area contributed by atoms with Crippen molar-refractivity contribution in [3.63, 3.8) is 0 Å². The van der Waals surface area contributed by atoms with Gasteiger partial charge < -0.3 is 20.5 Å². The molecule has 0 aliphatic heterocycles. The number of nitrogens with two attached hydrogens (primary N) is 1. The van der Waals surface area contributed by atoms with Gasteiger partial charge in [-0.05, 0) is 42.0 Å². The Morgan fingerprint density at radius 3 is 2.36 bits per heavy atom. The fourth-order valence-electron chi connectivity index (χ4n) is 4.08. The van der Waals surface area contributed by atoms with Crippen LogP contribution < -0.4 is 10.5 Å². The molecular formula is C29H42N2O6S2. The first-order chi connectivity index (χ1) is 18.4. The predicted molar refractivity (Wildman–Crippen MR) is 157 cm³/mol. The summed E-state index contributed by atoms with van der Waals surface area (Å²) >= 11 is 0.931. The number of benzene rings is 2. The molecule has 0 fully saturated rings. The van der Waals surface area contributed by atoms with Crippen molar-refractivity contribution < 1.29 is 27.9 Å². The number of nitrogens with zero attached hydrogens (tertiary/aromatic N) is 1. The van der Waals surface area contributed by atoms with Crippen LogP contribution in [-0.4, -0.2) is 72.5 Å². The Kier molecular flexibility index (Phi) is 13.5. The van der Waals surface area contributed by atoms with Crippen LogP contribution in [0, 0.1) is 11.8 Å². The molecule has 0 bridgehead atoms. The highest BCUT2D eigenvalue weighted by molar-refractivity contribution is 8.13. The Labute approximate surface area is 237 Å². The third kappa shape index (κ3) is 12.1. The van der Waals surface area contributed by atoms with Crippen LogP contribution in [0.1, 0.15) is 38.3 Å². The zero-order valence-corrected chi connectivity index (χ0v) is 24.9. The molecule has 0 aliphatic rings. The van der Waals surface area contributed by atoms with E-state index in [1.807, 2.05) is 50.2 Å². The van der Waals surface area contributed by atoms with Gasteiger partial charge in [-0.3, -0.25) is 9.59 Å². The lowest BCUT2D eigenvalue weighted by Gasteiger charge is -2.31. The fraction of sp³-hybridized carbons (Fsp3) is 0.517. The largest absolute Gasteiger partial charge is 0.497 e. The first-order valence-corrected chi connectivity index (χ1v) is 15.9. The van der Waals surface area contributed by atoms with E-state index in [0.717, 1.165) is 22.9 Å². The lowest BCUT2D eigenvalue weighted by atomic mass is 10.0. The van der Waals surface area contributed by atoms with E-state index in [-0.39, 0.29) is 41.4 Å². The van der Waals surface area contributed by atoms with Crippen molar-refractivity contribution in [1.82, 2.24) is 4.90 Å². The van der Waals surface area contributed by atoms with Crippen LogP contribution in [0.15, 0.2) is 54.6 Å². The molecular weight excluding hydrogens is 536 g/mol. The molecule has 8 nitrogen and oxygen atoms in total. The minimum absolute atomic E-state index is 0.0281. The summed E-state index contributed by atoms with van der Waals surface area (Å²) in [6.45, 7) is 5.31. The summed E-state index contributed by atoms with van der Waals surface area (Å²) in [4.78, 5) is 27.1. The molecule has 216 valence electrons. The van der Waals surface area contributed by atoms with Crippen molar-refractivity contribution in [2.75, 3.05) is 30.9 Å². The highest BCUT2D eigenvalue weighted by atomic mass is 32.2. The lowest BCUT2D eigenvalue weighted by molar-refractivity contribution is -0.136. The Hall–Kier alpha value is -2.40. The topological polar surface area (TPSA) is 127 Å². The average Bonchev–Trinajstić information content (AvgIpc) is 2.89. The first kappa shape index (κ1) is 32.8. The molecule has 3 atom stereocenters. The SMILES string of the molecule is COc1cccc(CN(C[C@@H](O)[C@@H](N)Cc2ccccc2)C(=O)C(CSC(C)=O)CS(=O)(=O)CCC(C)C)c1. The van der Waals surface area contributed by atoms with Crippen LogP contribution in [0.5, 0.6) is 5.75 Å². The van der Waals surface area contributed by atoms with E-state index in [1.54, 1.807) is 25.3 Å². The smallest absolute Gasteiger partial charge is 0.227 e. The van der Waals surface area contributed by atoms with Gasteiger partial charge in [0.2, 0.25) is 5.91 Å². The van der Waals surface area contributed by atoms with Gasteiger partial charge in [-0.2, -0.15) is 0 Å². The Balaban J connectivity index is 2.32. The van der Waals surface area contributed by atoms with Crippen LogP contribution in [0.4, 0.5) is 0 Å². The van der Waals surface area contributed by atoms with E-state index in [2.05, 4.69) is 0 Å². The standard InChI is InChI=1S/C29H42N2O6S2/c1-21(2)13-14-39(35,36)20-25(19-38-22(3)32)29(34)31(17-24-11-8-12-26(15-24)37-4)18-28(33)27(30)16-23-9-6-5-7-10-23/h5-12,15,21,25,27-28,33H,13-14,16-20,30H2,1-4H3/t25?,27-,28+/m0/s1. The molecule has 2 aromatic rings. The number of carbonyl (C=O) groups is 2. The number of amides is 1. The summed E-state index contributed by atoms with van der Waals surface area (Å²) in [5.74, 6) is -0.924. The molecule has 1 amide bonds. The van der Waals surface area contributed by atoms with Gasteiger partial charge in [-0.15, -0.1) is 0 Å². The number of aliphatic hydroxyl groups excluding tert-OH is 1. The van der Waals surface area contributed by atoms with Gasteiger partial charge in [0, 0.05) is 31.8 Å². The summed E-state index contributed by atoms with van der Waals surface area (Å²) in [5.41, 5.74) is 8.04. The third-order valence-electron chi connectivity index (χ3n) is 6.33. The quantitative estimate of drug-likeness (QED) is 0.311. The highest BCUT2D eigenvalue weighted by Crippen LogP contribution is 2.21. The lowest BCUT2D eigenvalue weighted by Crippen LogP contribution is -2.49. The van der Waals surface area contributed by atoms with E-state index >= 15 is 0 Å². The Morgan fingerprint density at radius 2 is 1.74 bits per heavy atom. The molecule has 0 spiro atoms. The monoisotopic (exact) mass is 578 g/mol. The van der Waals surface area contributed by atoms with Crippen LogP contribution in [0.3, 0.4) is 0 Å². The second-order valence-corrected chi connectivity index (χ2v) is 13.7. The summed E-state index contributed by atoms with van der Waals surface area (Å²) in [6.07, 6.45) is -0.154. The molecule has 1 unspecified atom stereocenters. The number of sulfone groups is 1. The molecule has 3 N–H and O–H groups in total. The van der Waals surface area contributed by atoms with Crippen molar-refractivity contribution in [3.05, 3.63) is 65.7 Å². The van der Waals surface area contributed by atoms with Gasteiger partial charge >= 0.3 is 0 Å². The zero-order valence-electron chi connectivity index (χ0n) is 23.3. The molecule has 0 radical (unpaired) electrons. The van der Waals surface area contributed by atoms with Gasteiger partial charge in [-0.1, -0.05) is 68.1 Å². The zero-order chi connectivity index (χ0) is 29.0. The number of aliphatic hydroxyl groups is 1. The van der Waals surface area contributed by atoms with Gasteiger partial charge in [0.15, 0.2) is 15.0 Å². The van der Waals surface area contributed by atoms with Crippen LogP contribution in [0.2, 0.25) is 0 Å². The normalized spacial score (nSPS) is 14.0. The van der Waals surface area contributed by atoms with Crippen molar-refractivity contribution >= 4 is 32.6 Å². The van der Waals surface area contributed by atoms with E-state index < -0.39 is 33.8 Å². The maximum absolute atomic E-state index is 13.9. The van der Waals surface area contributed by atoms with E-state index in [9.17, 15) is 23.1 Å². The minimum atomic E-state index is -3.55. The number of rotatable bonds is 16. The predicted octanol–water partition coefficient (Wildman–Crippen LogP) is 3.31. The molecule has 2 rings (SSSR count). The maximum atomic E-state index is 13.9. The molecule has 39 heavy (non-hydrogen) atoms. The summed E-state index contributed by atoms with van der Waals surface area (Å²) in [7, 11) is -2.00. The summed E-state index contributed by atoms with van der Waals surface area (Å²) < 4.78 is 31.2. The third-order valence-corrected chi connectivity index (χ3v) is 9.08. The summed E-state index contributed by atoms with van der Waals surface area (Å²) in [5, 5.41) is 10.8. The van der Waals surface area contributed by atoms with Crippen molar-refractivity contribution in [2.24, 2.45) is 17.6 Å². The number of methoxy groups -OCH3 is 1. The molecule has 0 saturated carbocycles. The molecule has 2 aromatic carbocycles. The van der Waals surface area contributed by atoms with Crippen molar-refractivity contribution in [1.29, 1.82) is 0 Å². The first-order valence-electron chi connectivity index (χ1n) is 13.1. The number of ether oxygens (including phenoxy) is 1. The van der Waals surface area contributed by atoms with Gasteiger partial charge in [0.1, 0.15) is 5.75 Å². The number of carbonyl (C=O) groups excluding carboxylic acids is 2. The van der Waals surface area contributed by atoms with Gasteiger partial charge in [0.25, 0.3) is 0 Å². The highest BCUT2D eigenvalue weighted by Gasteiger charge is 2.32. The van der Waals surface area contributed by atoms with Crippen LogP contribution >= 0.6 is 11.8 Å². The summed E-state index contributed by atoms with van der Waals surface area (Å²) in [6, 6.07) is 16.1. The number of hydrogen-bond acceptors (Lipinski definition) is 8. The molecule has 0 saturated heterocycles. The second-order valence-electron chi connectivity index (χ2n) is 10.3. The van der Waals surface area contributed by atoms with Crippen molar-refractivity contribution in [3.8, 4) is 5.75 Å². The number of hydrogen-bond donors (Lipinski definition) is 2. The number of thioether (sulfide) groups is 1. The van der Waals surface area contributed by atoms with E-state index in [4.69, 9.17) is 10.5 Å². The molecule has 0 aliphatic carbocycles. The Bertz CT molecular complexity index is 1160. The minimum Gasteiger partial charge on any atom is -0.497 e. The fourth-order valence-corrected chi connectivity index (χ4v) is 6.80. The maximum Gasteiger partial charge on any atom is 0.227 e. The average molecular weight is 579 g/mol. The molecule has 10 heteroatoms. The van der Waals surface area contributed by atoms with Crippen molar-refractivity contribution in [2.45, 2.75) is 52.3 Å². The van der Waals surface area contributed by atoms with Crippen LogP contribution in [-0.2, 0) is 32.4 Å². The van der Waals surface area contributed by atoms with Gasteiger partial charge in [0.05, 0.1) is 30.6 Å². The Morgan fingerprint density at radius 1 is 1.08 bits per heavy atom.